The Hall–Kier alpha value is -1.16. The Labute approximate surface area is 138 Å². The molecule has 4 heteroatoms. The highest BCUT2D eigenvalue weighted by Crippen LogP contribution is 2.33. The highest BCUT2D eigenvalue weighted by Gasteiger charge is 2.30. The number of hydrogen-bond acceptors (Lipinski definition) is 2. The van der Waals surface area contributed by atoms with Crippen LogP contribution in [0, 0.1) is 11.8 Å². The van der Waals surface area contributed by atoms with Crippen LogP contribution in [0.1, 0.15) is 57.9 Å². The van der Waals surface area contributed by atoms with Crippen LogP contribution in [0.15, 0.2) is 24.3 Å². The van der Waals surface area contributed by atoms with Gasteiger partial charge >= 0.3 is 0 Å². The summed E-state index contributed by atoms with van der Waals surface area (Å²) < 4.78 is 26.4. The Morgan fingerprint density at radius 2 is 1.78 bits per heavy atom. The monoisotopic (exact) mass is 324 g/mol. The van der Waals surface area contributed by atoms with E-state index in [4.69, 9.17) is 5.73 Å². The van der Waals surface area contributed by atoms with Crippen molar-refractivity contribution in [3.05, 3.63) is 29.8 Å². The molecule has 1 aliphatic rings. The minimum Gasteiger partial charge on any atom is -0.399 e. The molecule has 1 unspecified atom stereocenters. The largest absolute Gasteiger partial charge is 0.399 e. The number of nitrogens with two attached hydrogens (primary N) is 1. The molecular formula is C19H30F2N2. The average Bonchev–Trinajstić information content (AvgIpc) is 2.52. The van der Waals surface area contributed by atoms with E-state index >= 15 is 0 Å². The number of nitrogens with one attached hydrogen (secondary N) is 1. The van der Waals surface area contributed by atoms with E-state index < -0.39 is 11.8 Å². The van der Waals surface area contributed by atoms with Crippen LogP contribution >= 0.6 is 0 Å². The lowest BCUT2D eigenvalue weighted by atomic mass is 9.81. The fourth-order valence-electron chi connectivity index (χ4n) is 3.29. The van der Waals surface area contributed by atoms with E-state index in [0.29, 0.717) is 18.4 Å². The van der Waals surface area contributed by atoms with Gasteiger partial charge in [0.2, 0.25) is 5.92 Å². The van der Waals surface area contributed by atoms with Gasteiger partial charge in [0.05, 0.1) is 0 Å². The Morgan fingerprint density at radius 3 is 2.35 bits per heavy atom. The van der Waals surface area contributed by atoms with Crippen LogP contribution in [0.3, 0.4) is 0 Å². The van der Waals surface area contributed by atoms with Crippen molar-refractivity contribution in [2.75, 3.05) is 5.73 Å². The van der Waals surface area contributed by atoms with Crippen molar-refractivity contribution in [1.82, 2.24) is 5.32 Å². The van der Waals surface area contributed by atoms with E-state index in [2.05, 4.69) is 17.4 Å². The molecule has 2 nitrogen and oxygen atoms in total. The van der Waals surface area contributed by atoms with E-state index in [9.17, 15) is 8.78 Å². The number of benzene rings is 1. The standard InChI is InChI=1S/C19H30F2N2/c1-14(19(2,20)21)3-4-15-7-11-18(12-8-15)23-13-16-5-9-17(22)10-6-16/h5-6,9-10,14-15,18,23H,3-4,7-8,11-13,22H2,1-2H3. The van der Waals surface area contributed by atoms with Gasteiger partial charge in [-0.2, -0.15) is 0 Å². The lowest BCUT2D eigenvalue weighted by Gasteiger charge is -2.30. The van der Waals surface area contributed by atoms with Crippen LogP contribution in [-0.2, 0) is 6.54 Å². The summed E-state index contributed by atoms with van der Waals surface area (Å²) in [6.07, 6.45) is 6.18. The Balaban J connectivity index is 1.65. The quantitative estimate of drug-likeness (QED) is 0.694. The molecule has 1 fully saturated rings. The van der Waals surface area contributed by atoms with Gasteiger partial charge in [-0.1, -0.05) is 19.1 Å². The average molecular weight is 324 g/mol. The van der Waals surface area contributed by atoms with E-state index in [1.165, 1.54) is 5.56 Å². The molecule has 1 aliphatic carbocycles. The molecule has 0 saturated heterocycles. The summed E-state index contributed by atoms with van der Waals surface area (Å²) in [5.41, 5.74) is 7.73. The molecule has 1 atom stereocenters. The normalized spacial score (nSPS) is 23.7. The first-order chi connectivity index (χ1) is 10.8. The van der Waals surface area contributed by atoms with E-state index in [1.807, 2.05) is 12.1 Å². The molecule has 0 aliphatic heterocycles. The lowest BCUT2D eigenvalue weighted by molar-refractivity contribution is -0.0377. The van der Waals surface area contributed by atoms with Gasteiger partial charge in [-0.25, -0.2) is 8.78 Å². The highest BCUT2D eigenvalue weighted by atomic mass is 19.3. The number of alkyl halides is 2. The molecule has 0 radical (unpaired) electrons. The van der Waals surface area contributed by atoms with Crippen molar-refractivity contribution in [2.45, 2.75) is 70.9 Å². The molecule has 0 bridgehead atoms. The first-order valence-corrected chi connectivity index (χ1v) is 8.80. The molecule has 0 amide bonds. The van der Waals surface area contributed by atoms with Gasteiger partial charge in [0, 0.05) is 24.2 Å². The van der Waals surface area contributed by atoms with Crippen LogP contribution in [0.25, 0.3) is 0 Å². The minimum absolute atomic E-state index is 0.510. The molecule has 0 aromatic heterocycles. The molecule has 130 valence electrons. The fraction of sp³-hybridized carbons (Fsp3) is 0.684. The molecule has 2 rings (SSSR count). The topological polar surface area (TPSA) is 38.0 Å². The van der Waals surface area contributed by atoms with Gasteiger partial charge < -0.3 is 11.1 Å². The third kappa shape index (κ3) is 6.09. The maximum Gasteiger partial charge on any atom is 0.247 e. The number of rotatable bonds is 7. The third-order valence-electron chi connectivity index (χ3n) is 5.29. The predicted molar refractivity (Wildman–Crippen MR) is 92.5 cm³/mol. The Kier molecular flexibility index (Phi) is 6.40. The second-order valence-corrected chi connectivity index (χ2v) is 7.27. The smallest absolute Gasteiger partial charge is 0.247 e. The molecule has 0 heterocycles. The molecular weight excluding hydrogens is 294 g/mol. The fourth-order valence-corrected chi connectivity index (χ4v) is 3.29. The summed E-state index contributed by atoms with van der Waals surface area (Å²) in [6, 6.07) is 8.52. The predicted octanol–water partition coefficient (Wildman–Crippen LogP) is 4.99. The zero-order valence-corrected chi connectivity index (χ0v) is 14.3. The van der Waals surface area contributed by atoms with E-state index in [-0.39, 0.29) is 0 Å². The van der Waals surface area contributed by atoms with Crippen LogP contribution in [0.5, 0.6) is 0 Å². The van der Waals surface area contributed by atoms with Crippen molar-refractivity contribution < 1.29 is 8.78 Å². The molecule has 23 heavy (non-hydrogen) atoms. The first kappa shape index (κ1) is 18.2. The summed E-state index contributed by atoms with van der Waals surface area (Å²) >= 11 is 0. The summed E-state index contributed by atoms with van der Waals surface area (Å²) in [6.45, 7) is 3.57. The lowest BCUT2D eigenvalue weighted by Crippen LogP contribution is -2.33. The second-order valence-electron chi connectivity index (χ2n) is 7.27. The first-order valence-electron chi connectivity index (χ1n) is 8.80. The van der Waals surface area contributed by atoms with Crippen molar-refractivity contribution in [1.29, 1.82) is 0 Å². The maximum absolute atomic E-state index is 13.2. The van der Waals surface area contributed by atoms with Gasteiger partial charge in [0.25, 0.3) is 0 Å². The number of anilines is 1. The van der Waals surface area contributed by atoms with E-state index in [0.717, 1.165) is 51.3 Å². The number of nitrogen functional groups attached to an aromatic ring is 1. The molecule has 1 aromatic carbocycles. The van der Waals surface area contributed by atoms with Gasteiger partial charge in [0.15, 0.2) is 0 Å². The van der Waals surface area contributed by atoms with Crippen LogP contribution in [0.4, 0.5) is 14.5 Å². The van der Waals surface area contributed by atoms with Crippen LogP contribution in [-0.4, -0.2) is 12.0 Å². The van der Waals surface area contributed by atoms with Gasteiger partial charge in [0.1, 0.15) is 0 Å². The maximum atomic E-state index is 13.2. The molecule has 1 saturated carbocycles. The Bertz CT molecular complexity index is 459. The van der Waals surface area contributed by atoms with Crippen LogP contribution < -0.4 is 11.1 Å². The van der Waals surface area contributed by atoms with Crippen molar-refractivity contribution in [3.63, 3.8) is 0 Å². The third-order valence-corrected chi connectivity index (χ3v) is 5.29. The van der Waals surface area contributed by atoms with Crippen LogP contribution in [0.2, 0.25) is 0 Å². The Morgan fingerprint density at radius 1 is 1.17 bits per heavy atom. The van der Waals surface area contributed by atoms with Gasteiger partial charge in [-0.15, -0.1) is 0 Å². The molecule has 0 spiro atoms. The van der Waals surface area contributed by atoms with Crippen molar-refractivity contribution in [3.8, 4) is 0 Å². The SMILES string of the molecule is CC(CCC1CCC(NCc2ccc(N)cc2)CC1)C(C)(F)F. The van der Waals surface area contributed by atoms with Crippen molar-refractivity contribution >= 4 is 5.69 Å². The summed E-state index contributed by atoms with van der Waals surface area (Å²) in [5, 5.41) is 3.61. The zero-order chi connectivity index (χ0) is 16.9. The summed E-state index contributed by atoms with van der Waals surface area (Å²) in [5.74, 6) is -2.43. The second kappa shape index (κ2) is 8.09. The van der Waals surface area contributed by atoms with Gasteiger partial charge in [-0.05, 0) is 69.1 Å². The number of halogens is 2. The molecule has 1 aromatic rings. The number of hydrogen-bond donors (Lipinski definition) is 2. The van der Waals surface area contributed by atoms with Crippen molar-refractivity contribution in [2.24, 2.45) is 11.8 Å². The highest BCUT2D eigenvalue weighted by molar-refractivity contribution is 5.39. The van der Waals surface area contributed by atoms with Gasteiger partial charge in [-0.3, -0.25) is 0 Å². The minimum atomic E-state index is -2.54. The zero-order valence-electron chi connectivity index (χ0n) is 14.3. The summed E-state index contributed by atoms with van der Waals surface area (Å²) in [4.78, 5) is 0. The summed E-state index contributed by atoms with van der Waals surface area (Å²) in [7, 11) is 0. The molecule has 3 N–H and O–H groups in total. The van der Waals surface area contributed by atoms with E-state index in [1.54, 1.807) is 6.92 Å².